The van der Waals surface area contributed by atoms with Crippen LogP contribution in [0.4, 0.5) is 0 Å². The summed E-state index contributed by atoms with van der Waals surface area (Å²) in [6.45, 7) is 11.7. The predicted octanol–water partition coefficient (Wildman–Crippen LogP) is 8.53. The molecule has 3 aromatic rings. The summed E-state index contributed by atoms with van der Waals surface area (Å²) < 4.78 is 1.42. The Morgan fingerprint density at radius 3 is 1.20 bits per heavy atom. The Bertz CT molecular complexity index is 2030. The molecule has 3 heteroatoms. The van der Waals surface area contributed by atoms with Crippen molar-refractivity contribution in [1.29, 1.82) is 0 Å². The number of fused-ring (bicyclic) bond motifs is 10. The van der Waals surface area contributed by atoms with Crippen LogP contribution in [0.25, 0.3) is 0 Å². The molecule has 10 aliphatic rings. The molecule has 0 aliphatic carbocycles. The summed E-state index contributed by atoms with van der Waals surface area (Å²) in [4.78, 5) is 9.74. The summed E-state index contributed by atoms with van der Waals surface area (Å²) in [5.74, 6) is 0. The Morgan fingerprint density at radius 1 is 0.575 bits per heavy atom. The fourth-order valence-electron chi connectivity index (χ4n) is 24.1. The van der Waals surface area contributed by atoms with Gasteiger partial charge in [-0.25, -0.2) is 0 Å². The standard InChI is InChI=1S/C32H38PSi.C5H5.Fe/c1-30(2,3)32(33,31(4,5)6)25-22-23-29(24-25)34(26-16-10-7-11-17-26,27-18-12-8-13-19-27)28-20-14-9-15-21-28;1-2-4-5-3-1;/h7-24H,33H2,1-6H3;1-5H;. The monoisotopic (exact) mass is 602 g/mol. The van der Waals surface area contributed by atoms with Gasteiger partial charge in [0.25, 0.3) is 0 Å². The second-order valence-corrected chi connectivity index (χ2v) is 48.5. The van der Waals surface area contributed by atoms with Gasteiger partial charge < -0.3 is 0 Å². The van der Waals surface area contributed by atoms with E-state index in [0.717, 1.165) is 9.13 Å². The third-order valence-electron chi connectivity index (χ3n) is 22.0. The van der Waals surface area contributed by atoms with Crippen LogP contribution in [0.2, 0.25) is 46.8 Å². The van der Waals surface area contributed by atoms with Crippen molar-refractivity contribution in [3.8, 4) is 0 Å². The van der Waals surface area contributed by atoms with Crippen LogP contribution in [0.3, 0.4) is 0 Å². The predicted molar refractivity (Wildman–Crippen MR) is 171 cm³/mol. The first-order valence-electron chi connectivity index (χ1n) is 15.9. The van der Waals surface area contributed by atoms with Crippen LogP contribution < -0.4 is 15.6 Å². The number of rotatable bonds is 5. The summed E-state index contributed by atoms with van der Waals surface area (Å²) >= 11 is 0. The molecule has 10 heterocycles. The van der Waals surface area contributed by atoms with E-state index in [1.807, 2.05) is 0 Å². The maximum absolute atomic E-state index is 4.10. The molecule has 0 radical (unpaired) electrons. The molecular formula is C37H43FePSi. The zero-order valence-corrected chi connectivity index (χ0v) is 28.0. The summed E-state index contributed by atoms with van der Waals surface area (Å²) in [5.41, 5.74) is 0.594. The van der Waals surface area contributed by atoms with Gasteiger partial charge in [-0.15, -0.1) is 0 Å². The Hall–Kier alpha value is -1.17. The molecule has 0 N–H and O–H groups in total. The van der Waals surface area contributed by atoms with Gasteiger partial charge in [0.1, 0.15) is 0 Å². The quantitative estimate of drug-likeness (QED) is 0.156. The topological polar surface area (TPSA) is 0 Å². The van der Waals surface area contributed by atoms with Crippen LogP contribution >= 0.6 is 9.24 Å². The molecule has 40 heavy (non-hydrogen) atoms. The molecule has 10 saturated heterocycles. The third kappa shape index (κ3) is 0.515. The molecule has 0 saturated carbocycles. The van der Waals surface area contributed by atoms with Crippen LogP contribution in [0.1, 0.15) is 41.5 Å². The molecule has 0 amide bonds. The van der Waals surface area contributed by atoms with Gasteiger partial charge in [0, 0.05) is 0 Å². The molecule has 6 atom stereocenters. The second kappa shape index (κ2) is 3.14. The van der Waals surface area contributed by atoms with Gasteiger partial charge in [0.05, 0.1) is 0 Å². The van der Waals surface area contributed by atoms with Gasteiger partial charge in [-0.05, 0) is 0 Å². The van der Waals surface area contributed by atoms with Gasteiger partial charge in [-0.3, -0.25) is 0 Å². The first-order chi connectivity index (χ1) is 18.7. The molecule has 1 spiro atoms. The molecule has 0 nitrogen and oxygen atoms in total. The van der Waals surface area contributed by atoms with E-state index in [4.69, 9.17) is 0 Å². The van der Waals surface area contributed by atoms with E-state index in [1.165, 1.54) is 33.7 Å². The summed E-state index contributed by atoms with van der Waals surface area (Å²) in [6.07, 6.45) is 0. The van der Waals surface area contributed by atoms with Crippen molar-refractivity contribution in [2.24, 2.45) is 10.8 Å². The Balaban J connectivity index is 1.24. The van der Waals surface area contributed by atoms with Gasteiger partial charge in [-0.1, -0.05) is 0 Å². The summed E-state index contributed by atoms with van der Waals surface area (Å²) in [6, 6.07) is 36.7. The van der Waals surface area contributed by atoms with Crippen LogP contribution in [0, 0.1) is 10.8 Å². The molecule has 10 fully saturated rings. The average molecular weight is 603 g/mol. The van der Waals surface area contributed by atoms with Crippen molar-refractivity contribution >= 4 is 32.9 Å². The summed E-state index contributed by atoms with van der Waals surface area (Å²) in [5, 5.41) is 5.57. The van der Waals surface area contributed by atoms with E-state index in [9.17, 15) is 0 Å². The zero-order chi connectivity index (χ0) is 27.3. The number of benzene rings is 3. The Kier molecular flexibility index (Phi) is 1.69. The maximum atomic E-state index is 3.78. The van der Waals surface area contributed by atoms with Crippen LogP contribution in [0.5, 0.6) is 0 Å². The molecule has 13 rings (SSSR count). The first-order valence-corrected chi connectivity index (χ1v) is 24.7. The van der Waals surface area contributed by atoms with Gasteiger partial charge in [0.15, 0.2) is 0 Å². The van der Waals surface area contributed by atoms with Crippen molar-refractivity contribution in [3.05, 3.63) is 91.0 Å². The van der Waals surface area contributed by atoms with Crippen LogP contribution in [0.15, 0.2) is 91.0 Å². The normalized spacial score (nSPS) is 60.9. The number of hydrogen-bond acceptors (Lipinski definition) is 0. The average Bonchev–Trinajstić information content (AvgIpc) is 3.88. The molecule has 0 bridgehead atoms. The third-order valence-corrected chi connectivity index (χ3v) is 77.9. The zero-order valence-electron chi connectivity index (χ0n) is 24.7. The van der Waals surface area contributed by atoms with Crippen LogP contribution in [-0.4, -0.2) is 13.2 Å². The SMILES string of the molecule is CC(C)(C)C(P)(C(C)(C)C)[C]12[CH]3[CH]4[C]5([Si](c6ccccc6)(c6ccccc6)c6ccccc6)[CH]1[Fe]34251678[CH]2[CH]1[CH]6[CH]7[CH]28. The van der Waals surface area contributed by atoms with Crippen molar-refractivity contribution in [1.82, 2.24) is 0 Å². The minimum atomic E-state index is -4.10. The molecule has 0 aromatic heterocycles. The minimum absolute atomic E-state index is 0.297. The van der Waals surface area contributed by atoms with Gasteiger partial charge in [0.2, 0.25) is 0 Å². The fraction of sp³-hybridized carbons (Fsp3) is 0.514. The summed E-state index contributed by atoms with van der Waals surface area (Å²) in [7, 11) is 1.46. The molecule has 3 aromatic carbocycles. The van der Waals surface area contributed by atoms with Crippen molar-refractivity contribution in [2.45, 2.75) is 93.5 Å². The van der Waals surface area contributed by atoms with E-state index in [0.29, 0.717) is 19.9 Å². The van der Waals surface area contributed by atoms with Crippen molar-refractivity contribution < 1.29 is 6.51 Å². The van der Waals surface area contributed by atoms with Crippen molar-refractivity contribution in [2.75, 3.05) is 0 Å². The molecular weight excluding hydrogens is 559 g/mol. The van der Waals surface area contributed by atoms with Gasteiger partial charge >= 0.3 is 235 Å². The Morgan fingerprint density at radius 2 is 0.925 bits per heavy atom. The molecule has 6 unspecified atom stereocenters. The molecule has 10 aliphatic heterocycles. The van der Waals surface area contributed by atoms with E-state index < -0.39 is 14.6 Å². The van der Waals surface area contributed by atoms with Crippen LogP contribution in [-0.2, 0) is 6.51 Å². The number of hydrogen-bond donors (Lipinski definition) is 0. The van der Waals surface area contributed by atoms with E-state index >= 15 is 0 Å². The molecule has 208 valence electrons. The van der Waals surface area contributed by atoms with E-state index in [-0.39, 0.29) is 0 Å². The second-order valence-electron chi connectivity index (χ2n) is 19.9. The fourth-order valence-corrected chi connectivity index (χ4v) is 127. The first kappa shape index (κ1) is 21.5. The van der Waals surface area contributed by atoms with E-state index in [1.54, 1.807) is 15.6 Å². The van der Waals surface area contributed by atoms with E-state index in [2.05, 4.69) is 142 Å². The van der Waals surface area contributed by atoms with Gasteiger partial charge in [-0.2, -0.15) is 0 Å². The Labute approximate surface area is 233 Å². The van der Waals surface area contributed by atoms with Crippen molar-refractivity contribution in [3.63, 3.8) is 0 Å².